The first kappa shape index (κ1) is 19.8. The number of rotatable bonds is 7. The maximum absolute atomic E-state index is 12.1. The summed E-state index contributed by atoms with van der Waals surface area (Å²) in [4.78, 5) is 25.0. The van der Waals surface area contributed by atoms with Crippen molar-refractivity contribution in [1.29, 1.82) is 0 Å². The molecule has 0 atom stereocenters. The van der Waals surface area contributed by atoms with E-state index in [9.17, 15) is 18.0 Å². The largest absolute Gasteiger partial charge is 0.450 e. The summed E-state index contributed by atoms with van der Waals surface area (Å²) < 4.78 is 30.6. The number of nitrogens with one attached hydrogen (secondary N) is 2. The van der Waals surface area contributed by atoms with Crippen LogP contribution in [0.2, 0.25) is 0 Å². The monoisotopic (exact) mass is 376 g/mol. The van der Waals surface area contributed by atoms with Gasteiger partial charge in [-0.2, -0.15) is 4.31 Å². The molecule has 2 fully saturated rings. The van der Waals surface area contributed by atoms with E-state index in [2.05, 4.69) is 10.6 Å². The molecule has 144 valence electrons. The molecular weight excluding hydrogens is 348 g/mol. The molecule has 0 radical (unpaired) electrons. The molecule has 0 aromatic carbocycles. The van der Waals surface area contributed by atoms with Crippen LogP contribution in [0.25, 0.3) is 0 Å². The van der Waals surface area contributed by atoms with Gasteiger partial charge in [-0.15, -0.1) is 0 Å². The van der Waals surface area contributed by atoms with Crippen molar-refractivity contribution >= 4 is 22.1 Å². The Labute approximate surface area is 149 Å². The predicted octanol–water partition coefficient (Wildman–Crippen LogP) is 0.331. The van der Waals surface area contributed by atoms with Gasteiger partial charge in [0.25, 0.3) is 0 Å². The molecular formula is C15H28N4O5S. The Hall–Kier alpha value is -1.55. The number of likely N-dealkylation sites (tertiary alicyclic amines) is 1. The lowest BCUT2D eigenvalue weighted by Gasteiger charge is -2.36. The highest BCUT2D eigenvalue weighted by Gasteiger charge is 2.32. The van der Waals surface area contributed by atoms with Gasteiger partial charge in [-0.3, -0.25) is 0 Å². The lowest BCUT2D eigenvalue weighted by molar-refractivity contribution is 0.0886. The standard InChI is InChI=1S/C15H28N4O5S/c1-3-24-15(21)18-9-6-13(7-10-18)19(25(2,22)23)11-8-16-14(20)17-12-4-5-12/h12-13H,3-11H2,1-2H3,(H2,16,17,20). The van der Waals surface area contributed by atoms with E-state index in [0.29, 0.717) is 32.5 Å². The lowest BCUT2D eigenvalue weighted by Crippen LogP contribution is -2.51. The molecule has 1 aliphatic heterocycles. The Morgan fingerprint density at radius 1 is 1.20 bits per heavy atom. The minimum atomic E-state index is -3.39. The molecule has 9 nitrogen and oxygen atoms in total. The van der Waals surface area contributed by atoms with Crippen LogP contribution < -0.4 is 10.6 Å². The van der Waals surface area contributed by atoms with Crippen LogP contribution in [0.5, 0.6) is 0 Å². The van der Waals surface area contributed by atoms with Crippen LogP contribution in [0, 0.1) is 0 Å². The number of sulfonamides is 1. The molecule has 0 unspecified atom stereocenters. The molecule has 0 bridgehead atoms. The molecule has 1 heterocycles. The summed E-state index contributed by atoms with van der Waals surface area (Å²) >= 11 is 0. The highest BCUT2D eigenvalue weighted by Crippen LogP contribution is 2.20. The fourth-order valence-electron chi connectivity index (χ4n) is 2.91. The Morgan fingerprint density at radius 3 is 2.36 bits per heavy atom. The Bertz CT molecular complexity index is 570. The van der Waals surface area contributed by atoms with Crippen LogP contribution in [0.3, 0.4) is 0 Å². The summed E-state index contributed by atoms with van der Waals surface area (Å²) in [6.45, 7) is 3.48. The van der Waals surface area contributed by atoms with Crippen LogP contribution >= 0.6 is 0 Å². The number of nitrogens with zero attached hydrogens (tertiary/aromatic N) is 2. The molecule has 1 saturated carbocycles. The van der Waals surface area contributed by atoms with E-state index in [1.54, 1.807) is 11.8 Å². The molecule has 0 aromatic rings. The van der Waals surface area contributed by atoms with Crippen molar-refractivity contribution in [3.05, 3.63) is 0 Å². The summed E-state index contributed by atoms with van der Waals surface area (Å²) in [5, 5.41) is 5.50. The first-order valence-electron chi connectivity index (χ1n) is 8.74. The van der Waals surface area contributed by atoms with Crippen molar-refractivity contribution in [2.45, 2.75) is 44.7 Å². The number of carbonyl (C=O) groups is 2. The van der Waals surface area contributed by atoms with Gasteiger partial charge in [0.05, 0.1) is 12.9 Å². The molecule has 0 spiro atoms. The maximum atomic E-state index is 12.1. The molecule has 1 aliphatic carbocycles. The number of piperidine rings is 1. The number of amides is 3. The summed E-state index contributed by atoms with van der Waals surface area (Å²) in [5.41, 5.74) is 0. The second-order valence-corrected chi connectivity index (χ2v) is 8.40. The number of ether oxygens (including phenoxy) is 1. The normalized spacial score (nSPS) is 18.9. The van der Waals surface area contributed by atoms with Gasteiger partial charge in [0.2, 0.25) is 10.0 Å². The smallest absolute Gasteiger partial charge is 0.409 e. The minimum absolute atomic E-state index is 0.172. The average Bonchev–Trinajstić information content (AvgIpc) is 3.35. The summed E-state index contributed by atoms with van der Waals surface area (Å²) in [7, 11) is -3.39. The summed E-state index contributed by atoms with van der Waals surface area (Å²) in [6.07, 6.45) is 3.93. The Kier molecular flexibility index (Phi) is 6.88. The van der Waals surface area contributed by atoms with Crippen molar-refractivity contribution in [3.8, 4) is 0 Å². The van der Waals surface area contributed by atoms with E-state index in [4.69, 9.17) is 4.74 Å². The molecule has 2 N–H and O–H groups in total. The van der Waals surface area contributed by atoms with Crippen molar-refractivity contribution in [2.24, 2.45) is 0 Å². The summed E-state index contributed by atoms with van der Waals surface area (Å²) in [6, 6.07) is -0.166. The first-order chi connectivity index (χ1) is 11.8. The van der Waals surface area contributed by atoms with Crippen molar-refractivity contribution in [1.82, 2.24) is 19.8 Å². The van der Waals surface area contributed by atoms with Gasteiger partial charge >= 0.3 is 12.1 Å². The molecule has 3 amide bonds. The zero-order valence-electron chi connectivity index (χ0n) is 14.9. The SMILES string of the molecule is CCOC(=O)N1CCC(N(CCNC(=O)NC2CC2)S(C)(=O)=O)CC1. The van der Waals surface area contributed by atoms with Gasteiger partial charge in [0, 0.05) is 38.3 Å². The number of hydrogen-bond donors (Lipinski definition) is 2. The van der Waals surface area contributed by atoms with Crippen LogP contribution in [-0.4, -0.2) is 80.9 Å². The lowest BCUT2D eigenvalue weighted by atomic mass is 10.1. The average molecular weight is 376 g/mol. The topological polar surface area (TPSA) is 108 Å². The Balaban J connectivity index is 1.81. The van der Waals surface area contributed by atoms with E-state index < -0.39 is 10.0 Å². The molecule has 25 heavy (non-hydrogen) atoms. The zero-order chi connectivity index (χ0) is 18.4. The number of carbonyl (C=O) groups excluding carboxylic acids is 2. The molecule has 10 heteroatoms. The van der Waals surface area contributed by atoms with Gasteiger partial charge in [0.15, 0.2) is 0 Å². The molecule has 1 saturated heterocycles. The second kappa shape index (κ2) is 8.70. The Morgan fingerprint density at radius 2 is 1.84 bits per heavy atom. The first-order valence-corrected chi connectivity index (χ1v) is 10.6. The second-order valence-electron chi connectivity index (χ2n) is 6.47. The third kappa shape index (κ3) is 6.35. The van der Waals surface area contributed by atoms with Gasteiger partial charge in [-0.1, -0.05) is 0 Å². The van der Waals surface area contributed by atoms with Gasteiger partial charge in [-0.05, 0) is 32.6 Å². The maximum Gasteiger partial charge on any atom is 0.409 e. The van der Waals surface area contributed by atoms with E-state index in [0.717, 1.165) is 12.8 Å². The molecule has 0 aromatic heterocycles. The van der Waals surface area contributed by atoms with E-state index in [1.165, 1.54) is 10.6 Å². The summed E-state index contributed by atoms with van der Waals surface area (Å²) in [5.74, 6) is 0. The van der Waals surface area contributed by atoms with E-state index >= 15 is 0 Å². The highest BCUT2D eigenvalue weighted by molar-refractivity contribution is 7.88. The number of urea groups is 1. The fraction of sp³-hybridized carbons (Fsp3) is 0.867. The fourth-order valence-corrected chi connectivity index (χ4v) is 4.09. The minimum Gasteiger partial charge on any atom is -0.450 e. The van der Waals surface area contributed by atoms with Crippen LogP contribution in [0.4, 0.5) is 9.59 Å². The molecule has 2 rings (SSSR count). The van der Waals surface area contributed by atoms with Crippen molar-refractivity contribution < 1.29 is 22.7 Å². The van der Waals surface area contributed by atoms with Crippen LogP contribution in [-0.2, 0) is 14.8 Å². The van der Waals surface area contributed by atoms with Crippen molar-refractivity contribution in [2.75, 3.05) is 39.0 Å². The third-order valence-electron chi connectivity index (χ3n) is 4.35. The van der Waals surface area contributed by atoms with Gasteiger partial charge in [0.1, 0.15) is 0 Å². The van der Waals surface area contributed by atoms with Crippen molar-refractivity contribution in [3.63, 3.8) is 0 Å². The van der Waals surface area contributed by atoms with Crippen LogP contribution in [0.15, 0.2) is 0 Å². The predicted molar refractivity (Wildman–Crippen MR) is 92.7 cm³/mol. The number of hydrogen-bond acceptors (Lipinski definition) is 5. The highest BCUT2D eigenvalue weighted by atomic mass is 32.2. The molecule has 2 aliphatic rings. The van der Waals surface area contributed by atoms with E-state index in [1.807, 2.05) is 0 Å². The van der Waals surface area contributed by atoms with E-state index in [-0.39, 0.29) is 37.3 Å². The third-order valence-corrected chi connectivity index (χ3v) is 5.69. The van der Waals surface area contributed by atoms with Gasteiger partial charge < -0.3 is 20.3 Å². The van der Waals surface area contributed by atoms with Crippen LogP contribution in [0.1, 0.15) is 32.6 Å². The quantitative estimate of drug-likeness (QED) is 0.666. The van der Waals surface area contributed by atoms with Gasteiger partial charge in [-0.25, -0.2) is 18.0 Å². The zero-order valence-corrected chi connectivity index (χ0v) is 15.7.